The standard InChI is InChI=1S/C34H29N3O3S/c38-33(28-11-5-4-10-27(28)25-8-2-1-3-9-25)36-29-14-13-26(22-31(29)40-23-24-15-18-35-19-16-24)34(39)37-20-7-6-12-32-30(37)17-21-41-32/h1-5,8-11,13-19,21-22H,6-7,12,20,23H2,(H,36,38). The molecule has 204 valence electrons. The number of nitrogens with zero attached hydrogens (tertiary/aromatic N) is 2. The van der Waals surface area contributed by atoms with Gasteiger partial charge in [0.1, 0.15) is 12.4 Å². The van der Waals surface area contributed by atoms with Crippen LogP contribution in [0, 0.1) is 0 Å². The molecule has 5 aromatic rings. The van der Waals surface area contributed by atoms with Crippen molar-refractivity contribution in [3.8, 4) is 16.9 Å². The average molecular weight is 560 g/mol. The van der Waals surface area contributed by atoms with Crippen molar-refractivity contribution in [1.82, 2.24) is 4.98 Å². The number of rotatable bonds is 7. The molecule has 0 saturated carbocycles. The van der Waals surface area contributed by atoms with E-state index in [1.807, 2.05) is 83.1 Å². The topological polar surface area (TPSA) is 71.5 Å². The molecule has 0 fully saturated rings. The molecule has 7 heteroatoms. The number of benzene rings is 3. The van der Waals surface area contributed by atoms with Gasteiger partial charge in [-0.3, -0.25) is 14.6 Å². The zero-order valence-electron chi connectivity index (χ0n) is 22.5. The molecule has 0 atom stereocenters. The summed E-state index contributed by atoms with van der Waals surface area (Å²) in [5.74, 6) is 0.0962. The van der Waals surface area contributed by atoms with Gasteiger partial charge in [-0.2, -0.15) is 0 Å². The number of hydrogen-bond donors (Lipinski definition) is 1. The second-order valence-corrected chi connectivity index (χ2v) is 10.9. The van der Waals surface area contributed by atoms with Gasteiger partial charge in [0.15, 0.2) is 0 Å². The van der Waals surface area contributed by atoms with Crippen molar-refractivity contribution >= 4 is 34.5 Å². The number of thiophene rings is 1. The van der Waals surface area contributed by atoms with Gasteiger partial charge in [-0.1, -0.05) is 48.5 Å². The number of carbonyl (C=O) groups is 2. The van der Waals surface area contributed by atoms with Crippen LogP contribution in [-0.4, -0.2) is 23.3 Å². The summed E-state index contributed by atoms with van der Waals surface area (Å²) in [7, 11) is 0. The summed E-state index contributed by atoms with van der Waals surface area (Å²) in [6.07, 6.45) is 6.42. The fourth-order valence-electron chi connectivity index (χ4n) is 5.06. The summed E-state index contributed by atoms with van der Waals surface area (Å²) < 4.78 is 6.22. The van der Waals surface area contributed by atoms with E-state index in [2.05, 4.69) is 10.3 Å². The van der Waals surface area contributed by atoms with Crippen molar-refractivity contribution in [3.63, 3.8) is 0 Å². The van der Waals surface area contributed by atoms with Crippen LogP contribution in [0.4, 0.5) is 11.4 Å². The van der Waals surface area contributed by atoms with Gasteiger partial charge < -0.3 is 15.0 Å². The molecular weight excluding hydrogens is 530 g/mol. The van der Waals surface area contributed by atoms with Gasteiger partial charge in [0.2, 0.25) is 0 Å². The molecule has 0 unspecified atom stereocenters. The van der Waals surface area contributed by atoms with E-state index in [-0.39, 0.29) is 18.4 Å². The number of anilines is 2. The Morgan fingerprint density at radius 3 is 2.56 bits per heavy atom. The van der Waals surface area contributed by atoms with Gasteiger partial charge >= 0.3 is 0 Å². The third-order valence-electron chi connectivity index (χ3n) is 7.17. The van der Waals surface area contributed by atoms with Crippen molar-refractivity contribution < 1.29 is 14.3 Å². The Balaban J connectivity index is 1.32. The second-order valence-electron chi connectivity index (χ2n) is 9.86. The van der Waals surface area contributed by atoms with Gasteiger partial charge in [0, 0.05) is 34.9 Å². The lowest BCUT2D eigenvalue weighted by Crippen LogP contribution is -2.31. The quantitative estimate of drug-likeness (QED) is 0.223. The van der Waals surface area contributed by atoms with E-state index in [9.17, 15) is 9.59 Å². The van der Waals surface area contributed by atoms with Crippen LogP contribution in [-0.2, 0) is 13.0 Å². The predicted molar refractivity (Wildman–Crippen MR) is 164 cm³/mol. The van der Waals surface area contributed by atoms with Crippen molar-refractivity contribution in [1.29, 1.82) is 0 Å². The Morgan fingerprint density at radius 2 is 1.71 bits per heavy atom. The first-order valence-electron chi connectivity index (χ1n) is 13.7. The van der Waals surface area contributed by atoms with E-state index in [1.165, 1.54) is 4.88 Å². The highest BCUT2D eigenvalue weighted by Crippen LogP contribution is 2.34. The molecule has 2 amide bonds. The average Bonchev–Trinajstić information content (AvgIpc) is 3.40. The minimum atomic E-state index is -0.257. The van der Waals surface area contributed by atoms with Crippen molar-refractivity contribution in [2.75, 3.05) is 16.8 Å². The molecule has 2 aromatic heterocycles. The zero-order chi connectivity index (χ0) is 28.0. The van der Waals surface area contributed by atoms with E-state index < -0.39 is 0 Å². The predicted octanol–water partition coefficient (Wildman–Crippen LogP) is 7.62. The number of ether oxygens (including phenoxy) is 1. The highest BCUT2D eigenvalue weighted by molar-refractivity contribution is 7.10. The molecule has 6 rings (SSSR count). The lowest BCUT2D eigenvalue weighted by molar-refractivity contribution is 0.0985. The Kier molecular flexibility index (Phi) is 7.87. The summed E-state index contributed by atoms with van der Waals surface area (Å²) >= 11 is 1.70. The van der Waals surface area contributed by atoms with Crippen LogP contribution in [0.25, 0.3) is 11.1 Å². The number of amides is 2. The first kappa shape index (κ1) is 26.5. The minimum absolute atomic E-state index is 0.0763. The molecule has 0 aliphatic carbocycles. The molecule has 3 aromatic carbocycles. The molecular formula is C34H29N3O3S. The summed E-state index contributed by atoms with van der Waals surface area (Å²) in [6.45, 7) is 0.937. The zero-order valence-corrected chi connectivity index (χ0v) is 23.3. The Labute approximate surface area is 243 Å². The molecule has 0 bridgehead atoms. The van der Waals surface area contributed by atoms with E-state index in [1.54, 1.807) is 41.9 Å². The minimum Gasteiger partial charge on any atom is -0.487 e. The molecule has 1 aliphatic rings. The molecule has 0 spiro atoms. The van der Waals surface area contributed by atoms with Crippen LogP contribution in [0.2, 0.25) is 0 Å². The van der Waals surface area contributed by atoms with Crippen molar-refractivity contribution in [2.45, 2.75) is 25.9 Å². The maximum Gasteiger partial charge on any atom is 0.258 e. The largest absolute Gasteiger partial charge is 0.487 e. The molecule has 1 aliphatic heterocycles. The number of carbonyl (C=O) groups excluding carboxylic acids is 2. The summed E-state index contributed by atoms with van der Waals surface area (Å²) in [6, 6.07) is 28.4. The van der Waals surface area contributed by atoms with Crippen LogP contribution >= 0.6 is 11.3 Å². The van der Waals surface area contributed by atoms with Gasteiger partial charge in [-0.15, -0.1) is 11.3 Å². The van der Waals surface area contributed by atoms with Crippen LogP contribution in [0.3, 0.4) is 0 Å². The molecule has 0 radical (unpaired) electrons. The maximum atomic E-state index is 13.8. The number of hydrogen-bond acceptors (Lipinski definition) is 5. The van der Waals surface area contributed by atoms with Crippen LogP contribution < -0.4 is 15.0 Å². The summed E-state index contributed by atoms with van der Waals surface area (Å²) in [5.41, 5.74) is 5.27. The van der Waals surface area contributed by atoms with E-state index in [0.717, 1.165) is 41.6 Å². The number of nitrogens with one attached hydrogen (secondary N) is 1. The highest BCUT2D eigenvalue weighted by atomic mass is 32.1. The lowest BCUT2D eigenvalue weighted by Gasteiger charge is -2.22. The van der Waals surface area contributed by atoms with Crippen molar-refractivity contribution in [3.05, 3.63) is 130 Å². The SMILES string of the molecule is O=C(Nc1ccc(C(=O)N2CCCCc3sccc32)cc1OCc1ccncc1)c1ccccc1-c1ccccc1. The van der Waals surface area contributed by atoms with E-state index in [0.29, 0.717) is 29.1 Å². The molecule has 0 saturated heterocycles. The number of fused-ring (bicyclic) bond motifs is 1. The monoisotopic (exact) mass is 559 g/mol. The summed E-state index contributed by atoms with van der Waals surface area (Å²) in [5, 5.41) is 5.09. The first-order valence-corrected chi connectivity index (χ1v) is 14.5. The number of aryl methyl sites for hydroxylation is 1. The maximum absolute atomic E-state index is 13.8. The first-order chi connectivity index (χ1) is 20.2. The van der Waals surface area contributed by atoms with E-state index >= 15 is 0 Å². The van der Waals surface area contributed by atoms with Crippen molar-refractivity contribution in [2.24, 2.45) is 0 Å². The van der Waals surface area contributed by atoms with Gasteiger partial charge in [-0.25, -0.2) is 0 Å². The molecule has 6 nitrogen and oxygen atoms in total. The fraction of sp³-hybridized carbons (Fsp3) is 0.147. The normalized spacial score (nSPS) is 12.7. The van der Waals surface area contributed by atoms with E-state index in [4.69, 9.17) is 4.74 Å². The molecule has 3 heterocycles. The lowest BCUT2D eigenvalue weighted by atomic mass is 9.99. The Bertz CT molecular complexity index is 1670. The van der Waals surface area contributed by atoms with Gasteiger partial charge in [0.05, 0.1) is 11.4 Å². The summed E-state index contributed by atoms with van der Waals surface area (Å²) in [4.78, 5) is 34.6. The molecule has 1 N–H and O–H groups in total. The van der Waals surface area contributed by atoms with Gasteiger partial charge in [0.25, 0.3) is 11.8 Å². The molecule has 41 heavy (non-hydrogen) atoms. The number of pyridine rings is 1. The number of aromatic nitrogens is 1. The second kappa shape index (κ2) is 12.2. The van der Waals surface area contributed by atoms with Crippen LogP contribution in [0.1, 0.15) is 44.0 Å². The third kappa shape index (κ3) is 5.90. The van der Waals surface area contributed by atoms with Gasteiger partial charge in [-0.05, 0) is 83.8 Å². The van der Waals surface area contributed by atoms with Crippen LogP contribution in [0.5, 0.6) is 5.75 Å². The smallest absolute Gasteiger partial charge is 0.258 e. The Morgan fingerprint density at radius 1 is 0.902 bits per heavy atom. The Hall–Kier alpha value is -4.75. The highest BCUT2D eigenvalue weighted by Gasteiger charge is 2.24. The third-order valence-corrected chi connectivity index (χ3v) is 8.14. The fourth-order valence-corrected chi connectivity index (χ4v) is 5.98. The van der Waals surface area contributed by atoms with Crippen LogP contribution in [0.15, 0.2) is 109 Å².